The Morgan fingerprint density at radius 1 is 0.935 bits per heavy atom. The molecule has 158 valence electrons. The molecule has 0 bridgehead atoms. The molecule has 5 heterocycles. The molecule has 0 unspecified atom stereocenters. The first-order valence-corrected chi connectivity index (χ1v) is 11.4. The minimum Gasteiger partial charge on any atom is -0.355 e. The second-order valence-corrected chi connectivity index (χ2v) is 9.23. The molecule has 0 atom stereocenters. The van der Waals surface area contributed by atoms with E-state index in [0.717, 1.165) is 42.1 Å². The zero-order valence-corrected chi connectivity index (χ0v) is 17.8. The van der Waals surface area contributed by atoms with Gasteiger partial charge in [0.15, 0.2) is 0 Å². The highest BCUT2D eigenvalue weighted by molar-refractivity contribution is 5.79. The number of nitrogens with zero attached hydrogens (tertiary/aromatic N) is 5. The van der Waals surface area contributed by atoms with Crippen molar-refractivity contribution in [3.05, 3.63) is 60.6 Å². The molecular weight excluding hydrogens is 384 g/mol. The van der Waals surface area contributed by atoms with Crippen LogP contribution in [0.5, 0.6) is 0 Å². The van der Waals surface area contributed by atoms with Crippen molar-refractivity contribution in [2.75, 3.05) is 31.1 Å². The van der Waals surface area contributed by atoms with Crippen LogP contribution in [0, 0.1) is 5.41 Å². The predicted molar refractivity (Wildman–Crippen MR) is 124 cm³/mol. The Kier molecular flexibility index (Phi) is 4.60. The zero-order valence-electron chi connectivity index (χ0n) is 17.8. The van der Waals surface area contributed by atoms with E-state index in [1.807, 2.05) is 36.7 Å². The maximum atomic E-state index is 4.87. The summed E-state index contributed by atoms with van der Waals surface area (Å²) >= 11 is 0. The lowest BCUT2D eigenvalue weighted by Gasteiger charge is -2.48. The number of hydrogen-bond donors (Lipinski definition) is 1. The van der Waals surface area contributed by atoms with Crippen LogP contribution in [0.25, 0.3) is 22.1 Å². The number of benzene rings is 1. The van der Waals surface area contributed by atoms with Gasteiger partial charge in [-0.2, -0.15) is 0 Å². The highest BCUT2D eigenvalue weighted by Crippen LogP contribution is 2.41. The number of hydrogen-bond acceptors (Lipinski definition) is 5. The molecule has 0 radical (unpaired) electrons. The van der Waals surface area contributed by atoms with Crippen molar-refractivity contribution in [3.8, 4) is 0 Å². The molecule has 0 amide bonds. The quantitative estimate of drug-likeness (QED) is 0.541. The molecule has 6 nitrogen and oxygen atoms in total. The monoisotopic (exact) mass is 412 g/mol. The smallest absolute Gasteiger partial charge is 0.147 e. The Bertz CT molecular complexity index is 1210. The van der Waals surface area contributed by atoms with E-state index in [2.05, 4.69) is 43.1 Å². The Morgan fingerprint density at radius 2 is 1.81 bits per heavy atom. The molecule has 1 spiro atoms. The SMILES string of the molecule is c1ccc2nc(N3CCC4(CCCN(Cc5c[nH]c6ncccc56)C4)CC3)cnc2c1. The van der Waals surface area contributed by atoms with E-state index in [0.29, 0.717) is 5.41 Å². The van der Waals surface area contributed by atoms with Gasteiger partial charge in [0.05, 0.1) is 17.2 Å². The molecule has 2 saturated heterocycles. The lowest BCUT2D eigenvalue weighted by molar-refractivity contribution is 0.0607. The number of H-pyrrole nitrogens is 1. The van der Waals surface area contributed by atoms with Gasteiger partial charge >= 0.3 is 0 Å². The Labute approximate surface area is 182 Å². The zero-order chi connectivity index (χ0) is 20.7. The van der Waals surface area contributed by atoms with Crippen molar-refractivity contribution in [1.29, 1.82) is 0 Å². The molecule has 6 rings (SSSR count). The van der Waals surface area contributed by atoms with Gasteiger partial charge in [-0.05, 0) is 67.5 Å². The van der Waals surface area contributed by atoms with E-state index in [-0.39, 0.29) is 0 Å². The van der Waals surface area contributed by atoms with Crippen LogP contribution in [0.3, 0.4) is 0 Å². The summed E-state index contributed by atoms with van der Waals surface area (Å²) in [6.07, 6.45) is 11.0. The number of nitrogens with one attached hydrogen (secondary N) is 1. The second-order valence-electron chi connectivity index (χ2n) is 9.23. The van der Waals surface area contributed by atoms with Crippen molar-refractivity contribution in [2.24, 2.45) is 5.41 Å². The topological polar surface area (TPSA) is 60.9 Å². The molecule has 0 aliphatic carbocycles. The minimum atomic E-state index is 0.434. The molecule has 3 aromatic heterocycles. The average Bonchev–Trinajstić information content (AvgIpc) is 3.22. The third-order valence-corrected chi connectivity index (χ3v) is 7.26. The van der Waals surface area contributed by atoms with Crippen molar-refractivity contribution in [2.45, 2.75) is 32.2 Å². The van der Waals surface area contributed by atoms with E-state index in [1.165, 1.54) is 49.7 Å². The standard InChI is InChI=1S/C25H28N6/c1-2-7-22-21(6-1)27-16-23(29-22)31-13-9-25(10-14-31)8-4-12-30(18-25)17-19-15-28-24-20(19)5-3-11-26-24/h1-3,5-7,11,15-16H,4,8-10,12-14,17-18H2,(H,26,28). The largest absolute Gasteiger partial charge is 0.355 e. The summed E-state index contributed by atoms with van der Waals surface area (Å²) < 4.78 is 0. The van der Waals surface area contributed by atoms with Crippen molar-refractivity contribution < 1.29 is 0 Å². The summed E-state index contributed by atoms with van der Waals surface area (Å²) in [5.74, 6) is 1.02. The first-order valence-electron chi connectivity index (χ1n) is 11.4. The van der Waals surface area contributed by atoms with Crippen molar-refractivity contribution >= 4 is 27.9 Å². The number of para-hydroxylation sites is 2. The summed E-state index contributed by atoms with van der Waals surface area (Å²) in [5.41, 5.74) is 4.74. The number of fused-ring (bicyclic) bond motifs is 2. The number of pyridine rings is 1. The van der Waals surface area contributed by atoms with E-state index in [9.17, 15) is 0 Å². The van der Waals surface area contributed by atoms with Gasteiger partial charge in [-0.15, -0.1) is 0 Å². The Morgan fingerprint density at radius 3 is 2.71 bits per heavy atom. The number of rotatable bonds is 3. The Hall–Kier alpha value is -2.99. The van der Waals surface area contributed by atoms with Gasteiger partial charge in [0.25, 0.3) is 0 Å². The summed E-state index contributed by atoms with van der Waals surface area (Å²) in [5, 5.41) is 1.26. The van der Waals surface area contributed by atoms with Crippen molar-refractivity contribution in [1.82, 2.24) is 24.8 Å². The highest BCUT2D eigenvalue weighted by atomic mass is 15.2. The fourth-order valence-corrected chi connectivity index (χ4v) is 5.55. The molecule has 2 fully saturated rings. The minimum absolute atomic E-state index is 0.434. The fourth-order valence-electron chi connectivity index (χ4n) is 5.55. The van der Waals surface area contributed by atoms with E-state index in [1.54, 1.807) is 0 Å². The molecule has 2 aliphatic rings. The first kappa shape index (κ1) is 18.8. The van der Waals surface area contributed by atoms with Crippen LogP contribution in [0.2, 0.25) is 0 Å². The van der Waals surface area contributed by atoms with Crippen LogP contribution in [-0.4, -0.2) is 51.0 Å². The molecule has 2 aliphatic heterocycles. The number of aromatic amines is 1. The van der Waals surface area contributed by atoms with Gasteiger partial charge in [-0.25, -0.2) is 9.97 Å². The van der Waals surface area contributed by atoms with Crippen LogP contribution in [-0.2, 0) is 6.54 Å². The van der Waals surface area contributed by atoms with Crippen LogP contribution < -0.4 is 4.90 Å². The maximum Gasteiger partial charge on any atom is 0.147 e. The third-order valence-electron chi connectivity index (χ3n) is 7.26. The van der Waals surface area contributed by atoms with Crippen molar-refractivity contribution in [3.63, 3.8) is 0 Å². The molecule has 1 N–H and O–H groups in total. The molecule has 4 aromatic rings. The highest BCUT2D eigenvalue weighted by Gasteiger charge is 2.38. The maximum absolute atomic E-state index is 4.87. The molecule has 6 heteroatoms. The summed E-state index contributed by atoms with van der Waals surface area (Å²) in [4.78, 5) is 22.3. The number of aromatic nitrogens is 4. The third kappa shape index (κ3) is 3.55. The van der Waals surface area contributed by atoms with Crippen LogP contribution in [0.1, 0.15) is 31.2 Å². The molecule has 0 saturated carbocycles. The molecular formula is C25H28N6. The molecule has 31 heavy (non-hydrogen) atoms. The van der Waals surface area contributed by atoms with E-state index >= 15 is 0 Å². The lowest BCUT2D eigenvalue weighted by atomic mass is 9.72. The summed E-state index contributed by atoms with van der Waals surface area (Å²) in [6, 6.07) is 12.3. The predicted octanol–water partition coefficient (Wildman–Crippen LogP) is 4.39. The number of piperidine rings is 2. The van der Waals surface area contributed by atoms with Gasteiger partial charge in [0, 0.05) is 44.0 Å². The van der Waals surface area contributed by atoms with Gasteiger partial charge in [0.2, 0.25) is 0 Å². The summed E-state index contributed by atoms with van der Waals surface area (Å²) in [7, 11) is 0. The summed E-state index contributed by atoms with van der Waals surface area (Å²) in [6.45, 7) is 5.52. The van der Waals surface area contributed by atoms with Gasteiger partial charge in [-0.3, -0.25) is 9.88 Å². The van der Waals surface area contributed by atoms with Gasteiger partial charge < -0.3 is 9.88 Å². The molecule has 1 aromatic carbocycles. The normalized spacial score (nSPS) is 19.4. The first-order chi connectivity index (χ1) is 15.3. The van der Waals surface area contributed by atoms with E-state index in [4.69, 9.17) is 4.98 Å². The van der Waals surface area contributed by atoms with E-state index < -0.39 is 0 Å². The lowest BCUT2D eigenvalue weighted by Crippen LogP contribution is -2.49. The van der Waals surface area contributed by atoms with Crippen LogP contribution in [0.15, 0.2) is 55.0 Å². The van der Waals surface area contributed by atoms with Gasteiger partial charge in [0.1, 0.15) is 11.5 Å². The Balaban J connectivity index is 1.14. The van der Waals surface area contributed by atoms with Gasteiger partial charge in [-0.1, -0.05) is 12.1 Å². The second kappa shape index (κ2) is 7.61. The van der Waals surface area contributed by atoms with Crippen LogP contribution >= 0.6 is 0 Å². The fraction of sp³-hybridized carbons (Fsp3) is 0.400. The number of likely N-dealkylation sites (tertiary alicyclic amines) is 1. The average molecular weight is 413 g/mol. The van der Waals surface area contributed by atoms with Crippen LogP contribution in [0.4, 0.5) is 5.82 Å². The number of anilines is 1.